The van der Waals surface area contributed by atoms with E-state index in [1.165, 1.54) is 16.7 Å². The molecule has 1 aromatic rings. The Hall–Kier alpha value is -1.06. The van der Waals surface area contributed by atoms with Crippen molar-refractivity contribution < 1.29 is 4.74 Å². The molecule has 0 aromatic heterocycles. The molecule has 3 heteroatoms. The lowest BCUT2D eigenvalue weighted by atomic mass is 9.98. The SMILES string of the molecule is COc1cc(C)cc(C)c1CCNC(C)(C)CCN. The normalized spacial score (nSPS) is 11.7. The van der Waals surface area contributed by atoms with Gasteiger partial charge in [-0.1, -0.05) is 6.07 Å². The molecule has 0 amide bonds. The van der Waals surface area contributed by atoms with E-state index >= 15 is 0 Å². The van der Waals surface area contributed by atoms with Crippen molar-refractivity contribution in [1.29, 1.82) is 0 Å². The van der Waals surface area contributed by atoms with Crippen molar-refractivity contribution in [3.05, 3.63) is 28.8 Å². The summed E-state index contributed by atoms with van der Waals surface area (Å²) in [5.74, 6) is 0.996. The number of nitrogens with two attached hydrogens (primary N) is 1. The third-order valence-electron chi connectivity index (χ3n) is 3.54. The van der Waals surface area contributed by atoms with Gasteiger partial charge in [-0.05, 0) is 76.4 Å². The van der Waals surface area contributed by atoms with Crippen molar-refractivity contribution in [2.45, 2.75) is 46.1 Å². The molecule has 1 rings (SSSR count). The predicted molar refractivity (Wildman–Crippen MR) is 81.9 cm³/mol. The maximum Gasteiger partial charge on any atom is 0.122 e. The van der Waals surface area contributed by atoms with Crippen molar-refractivity contribution in [1.82, 2.24) is 5.32 Å². The highest BCUT2D eigenvalue weighted by atomic mass is 16.5. The molecule has 0 radical (unpaired) electrons. The van der Waals surface area contributed by atoms with Crippen LogP contribution in [0.15, 0.2) is 12.1 Å². The first-order valence-electron chi connectivity index (χ1n) is 6.99. The Morgan fingerprint density at radius 1 is 1.26 bits per heavy atom. The van der Waals surface area contributed by atoms with Gasteiger partial charge in [-0.15, -0.1) is 0 Å². The highest BCUT2D eigenvalue weighted by Crippen LogP contribution is 2.24. The Morgan fingerprint density at radius 2 is 1.95 bits per heavy atom. The van der Waals surface area contributed by atoms with Gasteiger partial charge in [0.05, 0.1) is 7.11 Å². The molecule has 3 nitrogen and oxygen atoms in total. The Kier molecular flexibility index (Phi) is 5.83. The zero-order valence-corrected chi connectivity index (χ0v) is 13.0. The number of nitrogens with one attached hydrogen (secondary N) is 1. The summed E-state index contributed by atoms with van der Waals surface area (Å²) < 4.78 is 5.49. The average Bonchev–Trinajstić information content (AvgIpc) is 2.31. The molecule has 0 saturated carbocycles. The van der Waals surface area contributed by atoms with Gasteiger partial charge in [0.2, 0.25) is 0 Å². The smallest absolute Gasteiger partial charge is 0.122 e. The van der Waals surface area contributed by atoms with Crippen LogP contribution in [-0.4, -0.2) is 25.7 Å². The monoisotopic (exact) mass is 264 g/mol. The molecular formula is C16H28N2O. The van der Waals surface area contributed by atoms with Gasteiger partial charge >= 0.3 is 0 Å². The summed E-state index contributed by atoms with van der Waals surface area (Å²) in [5.41, 5.74) is 9.56. The minimum Gasteiger partial charge on any atom is -0.496 e. The molecule has 1 aromatic carbocycles. The fraction of sp³-hybridized carbons (Fsp3) is 0.625. The molecule has 0 spiro atoms. The second-order valence-electron chi connectivity index (χ2n) is 5.86. The maximum atomic E-state index is 5.62. The van der Waals surface area contributed by atoms with Crippen LogP contribution >= 0.6 is 0 Å². The molecule has 0 unspecified atom stereocenters. The Morgan fingerprint density at radius 3 is 2.53 bits per heavy atom. The van der Waals surface area contributed by atoms with Crippen LogP contribution in [0.3, 0.4) is 0 Å². The predicted octanol–water partition coefficient (Wildman–Crippen LogP) is 2.57. The van der Waals surface area contributed by atoms with Crippen LogP contribution in [0.5, 0.6) is 5.75 Å². The number of benzene rings is 1. The van der Waals surface area contributed by atoms with Gasteiger partial charge < -0.3 is 15.8 Å². The molecule has 0 aliphatic rings. The standard InChI is InChI=1S/C16H28N2O/c1-12-10-13(2)14(15(11-12)19-5)6-9-18-16(3,4)7-8-17/h10-11,18H,6-9,17H2,1-5H3. The molecule has 0 saturated heterocycles. The summed E-state index contributed by atoms with van der Waals surface area (Å²) in [6.45, 7) is 10.3. The van der Waals surface area contributed by atoms with Gasteiger partial charge in [0.1, 0.15) is 5.75 Å². The first kappa shape index (κ1) is 16.0. The van der Waals surface area contributed by atoms with Crippen molar-refractivity contribution in [2.75, 3.05) is 20.2 Å². The van der Waals surface area contributed by atoms with E-state index in [9.17, 15) is 0 Å². The number of methoxy groups -OCH3 is 1. The van der Waals surface area contributed by atoms with Crippen LogP contribution in [0.1, 0.15) is 37.0 Å². The van der Waals surface area contributed by atoms with Gasteiger partial charge in [-0.2, -0.15) is 0 Å². The second kappa shape index (κ2) is 6.92. The van der Waals surface area contributed by atoms with E-state index in [1.54, 1.807) is 7.11 Å². The number of hydrogen-bond acceptors (Lipinski definition) is 3. The van der Waals surface area contributed by atoms with Gasteiger partial charge in [0.25, 0.3) is 0 Å². The molecule has 0 aliphatic carbocycles. The quantitative estimate of drug-likeness (QED) is 0.795. The lowest BCUT2D eigenvalue weighted by molar-refractivity contribution is 0.366. The third-order valence-corrected chi connectivity index (χ3v) is 3.54. The molecule has 0 atom stereocenters. The van der Waals surface area contributed by atoms with E-state index in [4.69, 9.17) is 10.5 Å². The molecule has 0 aliphatic heterocycles. The molecule has 0 fully saturated rings. The number of ether oxygens (including phenoxy) is 1. The minimum absolute atomic E-state index is 0.0978. The molecule has 0 heterocycles. The van der Waals surface area contributed by atoms with Crippen LogP contribution < -0.4 is 15.8 Å². The second-order valence-corrected chi connectivity index (χ2v) is 5.86. The first-order chi connectivity index (χ1) is 8.89. The van der Waals surface area contributed by atoms with Crippen molar-refractivity contribution in [3.8, 4) is 5.75 Å². The van der Waals surface area contributed by atoms with Crippen molar-refractivity contribution in [2.24, 2.45) is 5.73 Å². The Bertz CT molecular complexity index is 413. The summed E-state index contributed by atoms with van der Waals surface area (Å²) in [4.78, 5) is 0. The van der Waals surface area contributed by atoms with E-state index in [2.05, 4.69) is 45.1 Å². The topological polar surface area (TPSA) is 47.3 Å². The van der Waals surface area contributed by atoms with Crippen LogP contribution in [0, 0.1) is 13.8 Å². The lowest BCUT2D eigenvalue weighted by Gasteiger charge is -2.26. The summed E-state index contributed by atoms with van der Waals surface area (Å²) in [6.07, 6.45) is 1.96. The van der Waals surface area contributed by atoms with Gasteiger partial charge in [0, 0.05) is 5.54 Å². The summed E-state index contributed by atoms with van der Waals surface area (Å²) in [5, 5.41) is 3.57. The maximum absolute atomic E-state index is 5.62. The van der Waals surface area contributed by atoms with E-state index in [0.717, 1.165) is 25.1 Å². The number of hydrogen-bond donors (Lipinski definition) is 2. The Labute approximate surface area is 117 Å². The molecule has 3 N–H and O–H groups in total. The fourth-order valence-electron chi connectivity index (χ4n) is 2.44. The van der Waals surface area contributed by atoms with E-state index in [1.807, 2.05) is 0 Å². The van der Waals surface area contributed by atoms with Crippen LogP contribution in [0.25, 0.3) is 0 Å². The molecule has 108 valence electrons. The number of aryl methyl sites for hydroxylation is 2. The van der Waals surface area contributed by atoms with Gasteiger partial charge in [0.15, 0.2) is 0 Å². The highest BCUT2D eigenvalue weighted by molar-refractivity contribution is 5.43. The van der Waals surface area contributed by atoms with Gasteiger partial charge in [-0.3, -0.25) is 0 Å². The van der Waals surface area contributed by atoms with Crippen molar-refractivity contribution >= 4 is 0 Å². The molecule has 19 heavy (non-hydrogen) atoms. The zero-order chi connectivity index (χ0) is 14.5. The molecule has 0 bridgehead atoms. The van der Waals surface area contributed by atoms with Gasteiger partial charge in [-0.25, -0.2) is 0 Å². The summed E-state index contributed by atoms with van der Waals surface area (Å²) in [7, 11) is 1.74. The minimum atomic E-state index is 0.0978. The summed E-state index contributed by atoms with van der Waals surface area (Å²) in [6, 6.07) is 4.32. The Balaban J connectivity index is 2.68. The zero-order valence-electron chi connectivity index (χ0n) is 13.0. The lowest BCUT2D eigenvalue weighted by Crippen LogP contribution is -2.42. The van der Waals surface area contributed by atoms with Crippen LogP contribution in [0.4, 0.5) is 0 Å². The average molecular weight is 264 g/mol. The van der Waals surface area contributed by atoms with Crippen molar-refractivity contribution in [3.63, 3.8) is 0 Å². The van der Waals surface area contributed by atoms with Crippen LogP contribution in [0.2, 0.25) is 0 Å². The third kappa shape index (κ3) is 4.84. The number of rotatable bonds is 7. The van der Waals surface area contributed by atoms with E-state index in [-0.39, 0.29) is 5.54 Å². The van der Waals surface area contributed by atoms with E-state index < -0.39 is 0 Å². The van der Waals surface area contributed by atoms with E-state index in [0.29, 0.717) is 6.54 Å². The van der Waals surface area contributed by atoms with Crippen LogP contribution in [-0.2, 0) is 6.42 Å². The fourth-order valence-corrected chi connectivity index (χ4v) is 2.44. The summed E-state index contributed by atoms with van der Waals surface area (Å²) >= 11 is 0. The molecular weight excluding hydrogens is 236 g/mol. The highest BCUT2D eigenvalue weighted by Gasteiger charge is 2.16. The largest absolute Gasteiger partial charge is 0.496 e. The first-order valence-corrected chi connectivity index (χ1v) is 6.99.